The van der Waals surface area contributed by atoms with Crippen molar-refractivity contribution in [2.75, 3.05) is 6.54 Å². The molecule has 0 aliphatic carbocycles. The Labute approximate surface area is 72.5 Å². The zero-order valence-corrected chi connectivity index (χ0v) is 7.15. The summed E-state index contributed by atoms with van der Waals surface area (Å²) in [5.41, 5.74) is -5.38. The second-order valence-corrected chi connectivity index (χ2v) is 3.90. The molecule has 8 heteroatoms. The van der Waals surface area contributed by atoms with Crippen molar-refractivity contribution in [3.8, 4) is 0 Å². The third kappa shape index (κ3) is 2.33. The molecular weight excluding hydrogens is 211 g/mol. The first-order chi connectivity index (χ1) is 5.83. The Morgan fingerprint density at radius 1 is 1.38 bits per heavy atom. The molecule has 0 radical (unpaired) electrons. The molecule has 0 spiro atoms. The first-order valence-electron chi connectivity index (χ1n) is 3.37. The molecular formula is C5H6F3NO3S. The average molecular weight is 217 g/mol. The van der Waals surface area contributed by atoms with Gasteiger partial charge < -0.3 is 4.18 Å². The number of hydrogen-bond donors (Lipinski definition) is 0. The summed E-state index contributed by atoms with van der Waals surface area (Å²) in [6.07, 6.45) is 0.651. The van der Waals surface area contributed by atoms with Crippen LogP contribution in [-0.2, 0) is 14.3 Å². The smallest absolute Gasteiger partial charge is 0.360 e. The van der Waals surface area contributed by atoms with Gasteiger partial charge in [0.1, 0.15) is 0 Å². The lowest BCUT2D eigenvalue weighted by Crippen LogP contribution is -2.27. The van der Waals surface area contributed by atoms with Gasteiger partial charge in [-0.25, -0.2) is 0 Å². The molecule has 0 saturated heterocycles. The van der Waals surface area contributed by atoms with E-state index in [-0.39, 0.29) is 12.3 Å². The van der Waals surface area contributed by atoms with Crippen LogP contribution in [0.4, 0.5) is 13.2 Å². The zero-order valence-electron chi connectivity index (χ0n) is 6.34. The molecule has 13 heavy (non-hydrogen) atoms. The number of alkyl halides is 3. The molecule has 0 fully saturated rings. The minimum Gasteiger partial charge on any atom is -0.360 e. The lowest BCUT2D eigenvalue weighted by atomic mass is 10.4. The van der Waals surface area contributed by atoms with Gasteiger partial charge >= 0.3 is 15.6 Å². The van der Waals surface area contributed by atoms with Gasteiger partial charge in [0.05, 0.1) is 0 Å². The molecule has 0 amide bonds. The van der Waals surface area contributed by atoms with E-state index >= 15 is 0 Å². The summed E-state index contributed by atoms with van der Waals surface area (Å²) in [5.74, 6) is -0.364. The molecule has 4 nitrogen and oxygen atoms in total. The lowest BCUT2D eigenvalue weighted by Gasteiger charge is -2.08. The normalized spacial score (nSPS) is 18.5. The van der Waals surface area contributed by atoms with Crippen molar-refractivity contribution in [2.24, 2.45) is 4.99 Å². The molecule has 0 unspecified atom stereocenters. The third-order valence-electron chi connectivity index (χ3n) is 1.33. The molecule has 0 aromatic rings. The quantitative estimate of drug-likeness (QED) is 0.487. The molecule has 0 saturated carbocycles. The molecule has 1 aliphatic heterocycles. The fraction of sp³-hybridized carbons (Fsp3) is 0.800. The van der Waals surface area contributed by atoms with Gasteiger partial charge in [0.25, 0.3) is 0 Å². The topological polar surface area (TPSA) is 55.7 Å². The lowest BCUT2D eigenvalue weighted by molar-refractivity contribution is -0.0505. The van der Waals surface area contributed by atoms with Crippen molar-refractivity contribution in [1.82, 2.24) is 0 Å². The van der Waals surface area contributed by atoms with Crippen LogP contribution >= 0.6 is 0 Å². The van der Waals surface area contributed by atoms with Crippen molar-refractivity contribution in [2.45, 2.75) is 18.3 Å². The Morgan fingerprint density at radius 2 is 2.00 bits per heavy atom. The van der Waals surface area contributed by atoms with Gasteiger partial charge in [0.2, 0.25) is 5.90 Å². The highest BCUT2D eigenvalue weighted by atomic mass is 32.2. The van der Waals surface area contributed by atoms with Gasteiger partial charge in [-0.3, -0.25) is 4.99 Å². The van der Waals surface area contributed by atoms with E-state index in [1.165, 1.54) is 0 Å². The fourth-order valence-electron chi connectivity index (χ4n) is 0.755. The molecule has 0 N–H and O–H groups in total. The van der Waals surface area contributed by atoms with Crippen molar-refractivity contribution >= 4 is 16.0 Å². The summed E-state index contributed by atoms with van der Waals surface area (Å²) in [7, 11) is -5.51. The van der Waals surface area contributed by atoms with Crippen LogP contribution in [0.3, 0.4) is 0 Å². The van der Waals surface area contributed by atoms with Crippen LogP contribution in [0.15, 0.2) is 4.99 Å². The number of aliphatic imine (C=N–C) groups is 1. The van der Waals surface area contributed by atoms with Crippen LogP contribution in [0.5, 0.6) is 0 Å². The van der Waals surface area contributed by atoms with Gasteiger partial charge in [0.15, 0.2) is 0 Å². The molecule has 0 aromatic heterocycles. The number of nitrogens with zero attached hydrogens (tertiary/aromatic N) is 1. The molecule has 1 rings (SSSR count). The molecule has 0 aromatic carbocycles. The standard InChI is InChI=1S/C5H6F3NO3S/c6-5(7,8)13(10,11)12-4-2-1-3-9-4/h1-3H2. The monoisotopic (exact) mass is 217 g/mol. The molecule has 0 atom stereocenters. The Hall–Kier alpha value is -0.790. The summed E-state index contributed by atoms with van der Waals surface area (Å²) in [5, 5.41) is 0. The van der Waals surface area contributed by atoms with E-state index in [2.05, 4.69) is 9.18 Å². The van der Waals surface area contributed by atoms with E-state index < -0.39 is 15.6 Å². The molecule has 0 bridgehead atoms. The number of halogens is 3. The van der Waals surface area contributed by atoms with E-state index in [9.17, 15) is 21.6 Å². The van der Waals surface area contributed by atoms with E-state index in [0.29, 0.717) is 13.0 Å². The maximum Gasteiger partial charge on any atom is 0.534 e. The molecule has 1 heterocycles. The number of hydrogen-bond acceptors (Lipinski definition) is 4. The van der Waals surface area contributed by atoms with Gasteiger partial charge in [-0.05, 0) is 6.42 Å². The average Bonchev–Trinajstić information content (AvgIpc) is 2.35. The second-order valence-electron chi connectivity index (χ2n) is 2.36. The Balaban J connectivity index is 2.73. The SMILES string of the molecule is O=S(=O)(OC1=NCCC1)C(F)(F)F. The van der Waals surface area contributed by atoms with Gasteiger partial charge in [-0.15, -0.1) is 0 Å². The third-order valence-corrected chi connectivity index (χ3v) is 2.31. The van der Waals surface area contributed by atoms with Crippen LogP contribution in [0.1, 0.15) is 12.8 Å². The predicted molar refractivity (Wildman–Crippen MR) is 37.6 cm³/mol. The largest absolute Gasteiger partial charge is 0.534 e. The van der Waals surface area contributed by atoms with Crippen LogP contribution < -0.4 is 0 Å². The van der Waals surface area contributed by atoms with Crippen molar-refractivity contribution in [3.63, 3.8) is 0 Å². The van der Waals surface area contributed by atoms with E-state index in [1.807, 2.05) is 0 Å². The van der Waals surface area contributed by atoms with Crippen LogP contribution in [0.25, 0.3) is 0 Å². The van der Waals surface area contributed by atoms with Gasteiger partial charge in [0, 0.05) is 13.0 Å². The van der Waals surface area contributed by atoms with Gasteiger partial charge in [-0.1, -0.05) is 0 Å². The van der Waals surface area contributed by atoms with E-state index in [4.69, 9.17) is 0 Å². The van der Waals surface area contributed by atoms with Crippen molar-refractivity contribution < 1.29 is 25.8 Å². The summed E-state index contributed by atoms with van der Waals surface area (Å²) < 4.78 is 59.7. The summed E-state index contributed by atoms with van der Waals surface area (Å²) in [6, 6.07) is 0. The maximum absolute atomic E-state index is 11.7. The summed E-state index contributed by atoms with van der Waals surface area (Å²) >= 11 is 0. The highest BCUT2D eigenvalue weighted by molar-refractivity contribution is 7.88. The Bertz CT molecular complexity index is 318. The second kappa shape index (κ2) is 3.17. The Morgan fingerprint density at radius 3 is 2.38 bits per heavy atom. The maximum atomic E-state index is 11.7. The molecule has 76 valence electrons. The number of rotatable bonds is 1. The minimum absolute atomic E-state index is 0.134. The summed E-state index contributed by atoms with van der Waals surface area (Å²) in [6.45, 7) is 0.308. The minimum atomic E-state index is -5.51. The highest BCUT2D eigenvalue weighted by Crippen LogP contribution is 2.25. The van der Waals surface area contributed by atoms with Crippen LogP contribution in [0, 0.1) is 0 Å². The van der Waals surface area contributed by atoms with Crippen molar-refractivity contribution in [1.29, 1.82) is 0 Å². The van der Waals surface area contributed by atoms with Crippen LogP contribution in [0.2, 0.25) is 0 Å². The van der Waals surface area contributed by atoms with E-state index in [0.717, 1.165) is 0 Å². The summed E-state index contributed by atoms with van der Waals surface area (Å²) in [4.78, 5) is 3.45. The highest BCUT2D eigenvalue weighted by Gasteiger charge is 2.49. The Kier molecular flexibility index (Phi) is 2.51. The first-order valence-corrected chi connectivity index (χ1v) is 4.78. The predicted octanol–water partition coefficient (Wildman–Crippen LogP) is 1.04. The van der Waals surface area contributed by atoms with Crippen molar-refractivity contribution in [3.05, 3.63) is 0 Å². The zero-order chi connectivity index (χ0) is 10.1. The van der Waals surface area contributed by atoms with Crippen LogP contribution in [-0.4, -0.2) is 26.4 Å². The first kappa shape index (κ1) is 10.3. The fourth-order valence-corrected chi connectivity index (χ4v) is 1.24. The van der Waals surface area contributed by atoms with Gasteiger partial charge in [-0.2, -0.15) is 21.6 Å². The van der Waals surface area contributed by atoms with E-state index in [1.54, 1.807) is 0 Å². The molecule has 1 aliphatic rings.